The number of hydrogen-bond acceptors (Lipinski definition) is 5. The first-order valence-electron chi connectivity index (χ1n) is 5.81. The van der Waals surface area contributed by atoms with Crippen molar-refractivity contribution < 1.29 is 9.59 Å². The first kappa shape index (κ1) is 12.5. The number of rotatable bonds is 2. The highest BCUT2D eigenvalue weighted by Gasteiger charge is 2.31. The molecule has 6 heteroatoms. The molecule has 1 aromatic heterocycles. The fraction of sp³-hybridized carbons (Fsp3) is 0.417. The maximum absolute atomic E-state index is 11.6. The van der Waals surface area contributed by atoms with Crippen LogP contribution in [0.25, 0.3) is 0 Å². The molecular formula is C12H16N4O2. The number of carbonyl (C=O) groups excluding carboxylic acids is 2. The van der Waals surface area contributed by atoms with Gasteiger partial charge in [0.05, 0.1) is 6.54 Å². The van der Waals surface area contributed by atoms with Gasteiger partial charge in [0.2, 0.25) is 11.8 Å². The highest BCUT2D eigenvalue weighted by atomic mass is 16.2. The molecule has 18 heavy (non-hydrogen) atoms. The van der Waals surface area contributed by atoms with Crippen LogP contribution >= 0.6 is 0 Å². The Kier molecular flexibility index (Phi) is 3.29. The van der Waals surface area contributed by atoms with Crippen LogP contribution in [-0.4, -0.2) is 29.4 Å². The minimum atomic E-state index is -0.418. The Balaban J connectivity index is 2.32. The van der Waals surface area contributed by atoms with Crippen molar-refractivity contribution in [2.75, 3.05) is 11.4 Å². The van der Waals surface area contributed by atoms with E-state index in [2.05, 4.69) is 10.3 Å². The van der Waals surface area contributed by atoms with Gasteiger partial charge >= 0.3 is 0 Å². The molecule has 0 aromatic carbocycles. The molecule has 2 atom stereocenters. The van der Waals surface area contributed by atoms with E-state index in [1.54, 1.807) is 18.0 Å². The number of amides is 2. The number of hydrogen-bond donors (Lipinski definition) is 2. The third kappa shape index (κ3) is 2.33. The van der Waals surface area contributed by atoms with E-state index in [-0.39, 0.29) is 24.4 Å². The van der Waals surface area contributed by atoms with Gasteiger partial charge in [0.15, 0.2) is 0 Å². The van der Waals surface area contributed by atoms with Gasteiger partial charge in [-0.05, 0) is 31.5 Å². The van der Waals surface area contributed by atoms with E-state index >= 15 is 0 Å². The molecule has 0 aliphatic carbocycles. The number of aromatic nitrogens is 1. The first-order valence-corrected chi connectivity index (χ1v) is 5.81. The molecule has 0 spiro atoms. The fourth-order valence-corrected chi connectivity index (χ4v) is 1.87. The topological polar surface area (TPSA) is 88.3 Å². The van der Waals surface area contributed by atoms with Crippen molar-refractivity contribution in [3.63, 3.8) is 0 Å². The van der Waals surface area contributed by atoms with E-state index < -0.39 is 6.04 Å². The molecule has 3 N–H and O–H groups in total. The summed E-state index contributed by atoms with van der Waals surface area (Å²) in [4.78, 5) is 28.9. The average Bonchev–Trinajstić information content (AvgIpc) is 2.34. The number of anilines is 1. The van der Waals surface area contributed by atoms with Gasteiger partial charge in [0, 0.05) is 12.2 Å². The normalized spacial score (nSPS) is 21.7. The van der Waals surface area contributed by atoms with Crippen LogP contribution in [0.1, 0.15) is 25.5 Å². The fourth-order valence-electron chi connectivity index (χ4n) is 1.87. The molecule has 1 unspecified atom stereocenters. The van der Waals surface area contributed by atoms with Gasteiger partial charge in [-0.15, -0.1) is 0 Å². The lowest BCUT2D eigenvalue weighted by molar-refractivity contribution is -0.132. The summed E-state index contributed by atoms with van der Waals surface area (Å²) < 4.78 is 0. The molecule has 1 aliphatic rings. The van der Waals surface area contributed by atoms with Crippen LogP contribution in [0.5, 0.6) is 0 Å². The maximum atomic E-state index is 11.6. The maximum Gasteiger partial charge on any atom is 0.249 e. The molecule has 1 saturated heterocycles. The molecule has 1 aliphatic heterocycles. The van der Waals surface area contributed by atoms with Crippen molar-refractivity contribution in [1.82, 2.24) is 10.3 Å². The molecule has 2 amide bonds. The van der Waals surface area contributed by atoms with Crippen molar-refractivity contribution in [1.29, 1.82) is 0 Å². The van der Waals surface area contributed by atoms with Crippen molar-refractivity contribution in [2.45, 2.75) is 25.9 Å². The Morgan fingerprint density at radius 1 is 1.56 bits per heavy atom. The van der Waals surface area contributed by atoms with E-state index in [0.717, 1.165) is 5.56 Å². The lowest BCUT2D eigenvalue weighted by Gasteiger charge is -2.32. The van der Waals surface area contributed by atoms with Crippen molar-refractivity contribution in [2.24, 2.45) is 5.73 Å². The Labute approximate surface area is 105 Å². The second-order valence-electron chi connectivity index (χ2n) is 4.45. The first-order chi connectivity index (χ1) is 8.49. The quantitative estimate of drug-likeness (QED) is 0.716. The summed E-state index contributed by atoms with van der Waals surface area (Å²) >= 11 is 0. The Morgan fingerprint density at radius 3 is 2.94 bits per heavy atom. The van der Waals surface area contributed by atoms with Crippen LogP contribution in [0.3, 0.4) is 0 Å². The van der Waals surface area contributed by atoms with Crippen molar-refractivity contribution in [3.05, 3.63) is 23.9 Å². The lowest BCUT2D eigenvalue weighted by Crippen LogP contribution is -2.57. The highest BCUT2D eigenvalue weighted by molar-refractivity contribution is 6.04. The van der Waals surface area contributed by atoms with Crippen LogP contribution in [0, 0.1) is 0 Å². The third-order valence-electron chi connectivity index (χ3n) is 3.01. The standard InChI is InChI=1S/C12H16N4O2/c1-7(13)9-3-4-14-10(5-9)16-6-11(17)15-12(18)8(16)2/h3-5,7-8H,6,13H2,1-2H3,(H,15,17,18)/t7-,8?/m0/s1. The minimum Gasteiger partial charge on any atom is -0.336 e. The summed E-state index contributed by atoms with van der Waals surface area (Å²) in [5.41, 5.74) is 6.73. The average molecular weight is 248 g/mol. The van der Waals surface area contributed by atoms with Crippen molar-refractivity contribution in [3.8, 4) is 0 Å². The molecule has 0 bridgehead atoms. The van der Waals surface area contributed by atoms with E-state index in [1.807, 2.05) is 19.1 Å². The zero-order chi connectivity index (χ0) is 13.3. The van der Waals surface area contributed by atoms with Crippen LogP contribution in [0.4, 0.5) is 5.82 Å². The second kappa shape index (κ2) is 4.73. The largest absolute Gasteiger partial charge is 0.336 e. The smallest absolute Gasteiger partial charge is 0.249 e. The zero-order valence-electron chi connectivity index (χ0n) is 10.4. The summed E-state index contributed by atoms with van der Waals surface area (Å²) in [5, 5.41) is 2.29. The monoisotopic (exact) mass is 248 g/mol. The third-order valence-corrected chi connectivity index (χ3v) is 3.01. The van der Waals surface area contributed by atoms with E-state index in [1.165, 1.54) is 0 Å². The summed E-state index contributed by atoms with van der Waals surface area (Å²) in [6, 6.07) is 3.10. The minimum absolute atomic E-state index is 0.114. The molecule has 96 valence electrons. The van der Waals surface area contributed by atoms with Gasteiger partial charge in [-0.2, -0.15) is 0 Å². The number of nitrogens with two attached hydrogens (primary N) is 1. The van der Waals surface area contributed by atoms with Gasteiger partial charge in [0.1, 0.15) is 11.9 Å². The number of nitrogens with one attached hydrogen (secondary N) is 1. The Bertz CT molecular complexity index is 487. The molecule has 0 saturated carbocycles. The molecule has 2 heterocycles. The number of pyridine rings is 1. The zero-order valence-corrected chi connectivity index (χ0v) is 10.4. The van der Waals surface area contributed by atoms with Gasteiger partial charge < -0.3 is 10.6 Å². The molecule has 1 aromatic rings. The second-order valence-corrected chi connectivity index (χ2v) is 4.45. The van der Waals surface area contributed by atoms with Crippen LogP contribution in [0.15, 0.2) is 18.3 Å². The predicted octanol–water partition coefficient (Wildman–Crippen LogP) is -0.0474. The Hall–Kier alpha value is -1.95. The number of carbonyl (C=O) groups is 2. The van der Waals surface area contributed by atoms with Gasteiger partial charge in [0.25, 0.3) is 0 Å². The number of piperazine rings is 1. The lowest BCUT2D eigenvalue weighted by atomic mass is 10.1. The SMILES string of the molecule is CC1C(=O)NC(=O)CN1c1cc([C@H](C)N)ccn1. The van der Waals surface area contributed by atoms with Crippen LogP contribution in [0.2, 0.25) is 0 Å². The van der Waals surface area contributed by atoms with Crippen LogP contribution < -0.4 is 16.0 Å². The van der Waals surface area contributed by atoms with E-state index in [0.29, 0.717) is 5.82 Å². The summed E-state index contributed by atoms with van der Waals surface area (Å²) in [6.07, 6.45) is 1.64. The van der Waals surface area contributed by atoms with E-state index in [9.17, 15) is 9.59 Å². The van der Waals surface area contributed by atoms with Gasteiger partial charge in [-0.25, -0.2) is 4.98 Å². The van der Waals surface area contributed by atoms with Crippen molar-refractivity contribution >= 4 is 17.6 Å². The van der Waals surface area contributed by atoms with E-state index in [4.69, 9.17) is 5.73 Å². The van der Waals surface area contributed by atoms with Gasteiger partial charge in [-0.3, -0.25) is 14.9 Å². The summed E-state index contributed by atoms with van der Waals surface area (Å²) in [5.74, 6) is -0.0224. The van der Waals surface area contributed by atoms with Crippen LogP contribution in [-0.2, 0) is 9.59 Å². The molecule has 2 rings (SSSR count). The number of imide groups is 1. The molecule has 1 fully saturated rings. The molecular weight excluding hydrogens is 232 g/mol. The summed E-state index contributed by atoms with van der Waals surface area (Å²) in [7, 11) is 0. The summed E-state index contributed by atoms with van der Waals surface area (Å²) in [6.45, 7) is 3.74. The molecule has 0 radical (unpaired) electrons. The molecule has 6 nitrogen and oxygen atoms in total. The number of nitrogens with zero attached hydrogens (tertiary/aromatic N) is 2. The Morgan fingerprint density at radius 2 is 2.28 bits per heavy atom. The predicted molar refractivity (Wildman–Crippen MR) is 66.8 cm³/mol. The highest BCUT2D eigenvalue weighted by Crippen LogP contribution is 2.20. The van der Waals surface area contributed by atoms with Gasteiger partial charge in [-0.1, -0.05) is 0 Å².